The maximum absolute atomic E-state index is 11.6. The van der Waals surface area contributed by atoms with Crippen molar-refractivity contribution in [3.63, 3.8) is 0 Å². The minimum absolute atomic E-state index is 0.0552. The summed E-state index contributed by atoms with van der Waals surface area (Å²) in [5.74, 6) is 2.03. The Kier molecular flexibility index (Phi) is 4.90. The number of hydrogen-bond donors (Lipinski definition) is 1. The normalized spacial score (nSPS) is 14.0. The standard InChI is InChI=1S/C17H21N3O3/c1-2-3-10-17-19-15(20-23-17)11-22-14-8-5-7-13-12(14)6-4-9-16(21)18-13/h5,7-8H,2-4,6,9-11H2,1H3,(H,18,21). The van der Waals surface area contributed by atoms with Gasteiger partial charge in [0.2, 0.25) is 17.6 Å². The molecule has 6 heteroatoms. The summed E-state index contributed by atoms with van der Waals surface area (Å²) >= 11 is 0. The topological polar surface area (TPSA) is 77.2 Å². The van der Waals surface area contributed by atoms with Gasteiger partial charge in [-0.05, 0) is 31.4 Å². The molecule has 1 aliphatic heterocycles. The Labute approximate surface area is 135 Å². The van der Waals surface area contributed by atoms with Crippen molar-refractivity contribution in [3.8, 4) is 5.75 Å². The van der Waals surface area contributed by atoms with Crippen molar-refractivity contribution in [3.05, 3.63) is 35.5 Å². The first-order valence-corrected chi connectivity index (χ1v) is 8.12. The summed E-state index contributed by atoms with van der Waals surface area (Å²) in [7, 11) is 0. The van der Waals surface area contributed by atoms with E-state index in [9.17, 15) is 4.79 Å². The first kappa shape index (κ1) is 15.5. The second-order valence-corrected chi connectivity index (χ2v) is 5.68. The molecule has 23 heavy (non-hydrogen) atoms. The van der Waals surface area contributed by atoms with Crippen LogP contribution in [0.4, 0.5) is 5.69 Å². The van der Waals surface area contributed by atoms with E-state index in [-0.39, 0.29) is 12.5 Å². The van der Waals surface area contributed by atoms with Crippen LogP contribution in [0.25, 0.3) is 0 Å². The van der Waals surface area contributed by atoms with Gasteiger partial charge in [-0.1, -0.05) is 24.6 Å². The SMILES string of the molecule is CCCCc1nc(COc2cccc3c2CCCC(=O)N3)no1. The van der Waals surface area contributed by atoms with Gasteiger partial charge in [-0.15, -0.1) is 0 Å². The van der Waals surface area contributed by atoms with Crippen LogP contribution in [-0.2, 0) is 24.2 Å². The highest BCUT2D eigenvalue weighted by Crippen LogP contribution is 2.31. The number of ether oxygens (including phenoxy) is 1. The van der Waals surface area contributed by atoms with Gasteiger partial charge in [-0.25, -0.2) is 0 Å². The number of hydrogen-bond acceptors (Lipinski definition) is 5. The quantitative estimate of drug-likeness (QED) is 0.885. The lowest BCUT2D eigenvalue weighted by Gasteiger charge is -2.12. The predicted octanol–water partition coefficient (Wildman–Crippen LogP) is 3.27. The highest BCUT2D eigenvalue weighted by atomic mass is 16.5. The highest BCUT2D eigenvalue weighted by molar-refractivity contribution is 5.92. The van der Waals surface area contributed by atoms with Gasteiger partial charge in [-0.2, -0.15) is 4.98 Å². The van der Waals surface area contributed by atoms with E-state index in [1.54, 1.807) is 0 Å². The summed E-state index contributed by atoms with van der Waals surface area (Å²) in [6.07, 6.45) is 5.11. The van der Waals surface area contributed by atoms with Crippen LogP contribution in [0.1, 0.15) is 49.9 Å². The summed E-state index contributed by atoms with van der Waals surface area (Å²) in [6, 6.07) is 5.69. The molecule has 122 valence electrons. The average Bonchev–Trinajstić information content (AvgIpc) is 2.91. The molecule has 1 aromatic carbocycles. The maximum Gasteiger partial charge on any atom is 0.226 e. The molecule has 0 fully saturated rings. The number of aryl methyl sites for hydroxylation is 1. The summed E-state index contributed by atoms with van der Waals surface area (Å²) in [6.45, 7) is 2.39. The summed E-state index contributed by atoms with van der Waals surface area (Å²) in [5.41, 5.74) is 1.87. The predicted molar refractivity (Wildman–Crippen MR) is 85.3 cm³/mol. The third-order valence-electron chi connectivity index (χ3n) is 3.85. The first-order chi connectivity index (χ1) is 11.3. The number of fused-ring (bicyclic) bond motifs is 1. The number of benzene rings is 1. The van der Waals surface area contributed by atoms with Crippen LogP contribution in [0.15, 0.2) is 22.7 Å². The van der Waals surface area contributed by atoms with Gasteiger partial charge < -0.3 is 14.6 Å². The Morgan fingerprint density at radius 2 is 2.26 bits per heavy atom. The molecule has 2 aromatic rings. The monoisotopic (exact) mass is 315 g/mol. The smallest absolute Gasteiger partial charge is 0.226 e. The van der Waals surface area contributed by atoms with E-state index in [1.165, 1.54) is 0 Å². The molecule has 1 N–H and O–H groups in total. The number of amides is 1. The lowest BCUT2D eigenvalue weighted by molar-refractivity contribution is -0.116. The van der Waals surface area contributed by atoms with Crippen molar-refractivity contribution in [2.45, 2.75) is 52.1 Å². The molecule has 0 unspecified atom stereocenters. The summed E-state index contributed by atoms with van der Waals surface area (Å²) in [4.78, 5) is 16.0. The Morgan fingerprint density at radius 3 is 3.13 bits per heavy atom. The number of unbranched alkanes of at least 4 members (excludes halogenated alkanes) is 1. The molecular formula is C17H21N3O3. The second-order valence-electron chi connectivity index (χ2n) is 5.68. The van der Waals surface area contributed by atoms with E-state index >= 15 is 0 Å². The number of nitrogens with one attached hydrogen (secondary N) is 1. The molecule has 2 heterocycles. The third-order valence-corrected chi connectivity index (χ3v) is 3.85. The maximum atomic E-state index is 11.6. The van der Waals surface area contributed by atoms with Gasteiger partial charge in [0.15, 0.2) is 6.61 Å². The van der Waals surface area contributed by atoms with Crippen LogP contribution in [0.2, 0.25) is 0 Å². The third kappa shape index (κ3) is 3.88. The fourth-order valence-corrected chi connectivity index (χ4v) is 2.63. The van der Waals surface area contributed by atoms with Crippen LogP contribution in [0, 0.1) is 0 Å². The Bertz CT molecular complexity index is 681. The van der Waals surface area contributed by atoms with Gasteiger partial charge in [0.25, 0.3) is 0 Å². The molecule has 1 aliphatic rings. The highest BCUT2D eigenvalue weighted by Gasteiger charge is 2.17. The number of anilines is 1. The summed E-state index contributed by atoms with van der Waals surface area (Å²) < 4.78 is 11.1. The van der Waals surface area contributed by atoms with E-state index < -0.39 is 0 Å². The van der Waals surface area contributed by atoms with Gasteiger partial charge in [0.05, 0.1) is 0 Å². The van der Waals surface area contributed by atoms with E-state index in [0.717, 1.165) is 49.1 Å². The zero-order valence-electron chi connectivity index (χ0n) is 13.3. The molecule has 0 radical (unpaired) electrons. The van der Waals surface area contributed by atoms with E-state index in [4.69, 9.17) is 9.26 Å². The van der Waals surface area contributed by atoms with Crippen LogP contribution in [-0.4, -0.2) is 16.0 Å². The lowest BCUT2D eigenvalue weighted by atomic mass is 10.1. The largest absolute Gasteiger partial charge is 0.485 e. The molecule has 1 aromatic heterocycles. The number of aromatic nitrogens is 2. The number of rotatable bonds is 6. The molecular weight excluding hydrogens is 294 g/mol. The molecule has 0 atom stereocenters. The number of nitrogens with zero attached hydrogens (tertiary/aromatic N) is 2. The minimum Gasteiger partial charge on any atom is -0.485 e. The average molecular weight is 315 g/mol. The zero-order valence-corrected chi connectivity index (χ0v) is 13.3. The fourth-order valence-electron chi connectivity index (χ4n) is 2.63. The van der Waals surface area contributed by atoms with E-state index in [2.05, 4.69) is 22.4 Å². The van der Waals surface area contributed by atoms with Crippen LogP contribution < -0.4 is 10.1 Å². The van der Waals surface area contributed by atoms with Crippen molar-refractivity contribution < 1.29 is 14.1 Å². The molecule has 0 spiro atoms. The molecule has 0 bridgehead atoms. The van der Waals surface area contributed by atoms with Gasteiger partial charge in [0.1, 0.15) is 5.75 Å². The molecule has 1 amide bonds. The van der Waals surface area contributed by atoms with Crippen molar-refractivity contribution in [2.24, 2.45) is 0 Å². The summed E-state index contributed by atoms with van der Waals surface area (Å²) in [5, 5.41) is 6.87. The van der Waals surface area contributed by atoms with Crippen LogP contribution in [0.5, 0.6) is 5.75 Å². The van der Waals surface area contributed by atoms with Crippen LogP contribution >= 0.6 is 0 Å². The molecule has 0 saturated heterocycles. The van der Waals surface area contributed by atoms with Crippen molar-refractivity contribution in [1.82, 2.24) is 10.1 Å². The lowest BCUT2D eigenvalue weighted by Crippen LogP contribution is -2.09. The number of carbonyl (C=O) groups is 1. The van der Waals surface area contributed by atoms with Crippen molar-refractivity contribution in [2.75, 3.05) is 5.32 Å². The minimum atomic E-state index is 0.0552. The van der Waals surface area contributed by atoms with Gasteiger partial charge in [0, 0.05) is 24.1 Å². The Morgan fingerprint density at radius 1 is 1.35 bits per heavy atom. The van der Waals surface area contributed by atoms with E-state index in [0.29, 0.717) is 18.1 Å². The van der Waals surface area contributed by atoms with Crippen molar-refractivity contribution in [1.29, 1.82) is 0 Å². The first-order valence-electron chi connectivity index (χ1n) is 8.12. The fraction of sp³-hybridized carbons (Fsp3) is 0.471. The molecule has 0 aliphatic carbocycles. The van der Waals surface area contributed by atoms with Crippen LogP contribution in [0.3, 0.4) is 0 Å². The molecule has 0 saturated carbocycles. The van der Waals surface area contributed by atoms with E-state index in [1.807, 2.05) is 18.2 Å². The van der Waals surface area contributed by atoms with Gasteiger partial charge in [-0.3, -0.25) is 4.79 Å². The molecule has 3 rings (SSSR count). The Balaban J connectivity index is 1.67. The van der Waals surface area contributed by atoms with Gasteiger partial charge >= 0.3 is 0 Å². The Hall–Kier alpha value is -2.37. The van der Waals surface area contributed by atoms with Crippen molar-refractivity contribution >= 4 is 11.6 Å². The zero-order chi connectivity index (χ0) is 16.1. The second kappa shape index (κ2) is 7.26. The molecule has 6 nitrogen and oxygen atoms in total. The number of carbonyl (C=O) groups excluding carboxylic acids is 1.